The van der Waals surface area contributed by atoms with Gasteiger partial charge in [-0.05, 0) is 25.0 Å². The lowest BCUT2D eigenvalue weighted by Gasteiger charge is -2.44. The van der Waals surface area contributed by atoms with E-state index >= 15 is 4.39 Å². The van der Waals surface area contributed by atoms with Crippen molar-refractivity contribution >= 4 is 52.3 Å². The van der Waals surface area contributed by atoms with Gasteiger partial charge < -0.3 is 43.4 Å². The largest absolute Gasteiger partial charge is 0.463 e. The number of ether oxygens (including phenoxy) is 5. The van der Waals surface area contributed by atoms with Gasteiger partial charge in [-0.25, -0.2) is 4.39 Å². The third kappa shape index (κ3) is 8.04. The summed E-state index contributed by atoms with van der Waals surface area (Å²) < 4.78 is 44.5. The molecule has 1 aliphatic carbocycles. The fourth-order valence-corrected chi connectivity index (χ4v) is 6.23. The molecule has 0 bridgehead atoms. The van der Waals surface area contributed by atoms with E-state index < -0.39 is 78.3 Å². The van der Waals surface area contributed by atoms with Crippen LogP contribution in [0.3, 0.4) is 0 Å². The molecule has 1 unspecified atom stereocenters. The maximum atomic E-state index is 15.7. The molecular weight excluding hydrogens is 663 g/mol. The van der Waals surface area contributed by atoms with Gasteiger partial charge in [0.25, 0.3) is 5.91 Å². The van der Waals surface area contributed by atoms with E-state index in [2.05, 4.69) is 5.32 Å². The van der Waals surface area contributed by atoms with Gasteiger partial charge >= 0.3 is 23.9 Å². The van der Waals surface area contributed by atoms with Gasteiger partial charge in [-0.1, -0.05) is 0 Å². The Morgan fingerprint density at radius 1 is 0.860 bits per heavy atom. The Kier molecular flexibility index (Phi) is 10.7. The molecule has 2 aromatic rings. The number of carbonyl (C=O) groups is 6. The number of esters is 4. The third-order valence-corrected chi connectivity index (χ3v) is 8.63. The van der Waals surface area contributed by atoms with Crippen LogP contribution in [-0.4, -0.2) is 109 Å². The quantitative estimate of drug-likeness (QED) is 0.288. The van der Waals surface area contributed by atoms with Crippen molar-refractivity contribution in [3.8, 4) is 0 Å². The van der Waals surface area contributed by atoms with Crippen LogP contribution in [0.2, 0.25) is 0 Å². The first-order valence-corrected chi connectivity index (χ1v) is 16.1. The molecule has 270 valence electrons. The fourth-order valence-electron chi connectivity index (χ4n) is 6.23. The lowest BCUT2D eigenvalue weighted by Crippen LogP contribution is -2.67. The van der Waals surface area contributed by atoms with Crippen molar-refractivity contribution in [3.63, 3.8) is 0 Å². The second-order valence-corrected chi connectivity index (χ2v) is 12.4. The second kappa shape index (κ2) is 14.8. The first-order chi connectivity index (χ1) is 23.6. The molecule has 2 aliphatic heterocycles. The standard InChI is InChI=1S/C33H39FN4O12/c1-16(39)36-8-10-37(11-9-36)26-13-25-22(12-24(26)34)29(44)23(14-38(25)21-6-7-21)32(45)35-28-31(48-19(4)42)30(47-18(3)41)27(15-46-17(2)40)50-33(28)49-20(5)43/h12-14,21,27-28,30-31,33H,6-11,15H2,1-5H3,(H,35,45)/t27-,28-,30-,31-,33?/m1/s1. The molecule has 16 nitrogen and oxygen atoms in total. The predicted molar refractivity (Wildman–Crippen MR) is 170 cm³/mol. The van der Waals surface area contributed by atoms with Gasteiger partial charge in [0.05, 0.1) is 11.2 Å². The number of amides is 2. The Balaban J connectivity index is 1.52. The molecule has 17 heteroatoms. The van der Waals surface area contributed by atoms with E-state index in [0.29, 0.717) is 31.7 Å². The Morgan fingerprint density at radius 2 is 1.48 bits per heavy atom. The molecule has 3 aliphatic rings. The van der Waals surface area contributed by atoms with Gasteiger partial charge in [0.1, 0.15) is 30.1 Å². The van der Waals surface area contributed by atoms with Crippen LogP contribution in [0.1, 0.15) is 63.9 Å². The van der Waals surface area contributed by atoms with E-state index in [4.69, 9.17) is 23.7 Å². The van der Waals surface area contributed by atoms with E-state index in [1.807, 2.05) is 0 Å². The maximum absolute atomic E-state index is 15.7. The highest BCUT2D eigenvalue weighted by Crippen LogP contribution is 2.38. The molecule has 3 fully saturated rings. The van der Waals surface area contributed by atoms with Gasteiger partial charge in [-0.3, -0.25) is 33.6 Å². The molecule has 1 aromatic heterocycles. The monoisotopic (exact) mass is 702 g/mol. The Morgan fingerprint density at radius 3 is 2.04 bits per heavy atom. The van der Waals surface area contributed by atoms with Crippen LogP contribution in [0.5, 0.6) is 0 Å². The highest BCUT2D eigenvalue weighted by molar-refractivity contribution is 5.98. The number of nitrogens with zero attached hydrogens (tertiary/aromatic N) is 3. The molecule has 0 spiro atoms. The van der Waals surface area contributed by atoms with Crippen LogP contribution in [0.4, 0.5) is 10.1 Å². The summed E-state index contributed by atoms with van der Waals surface area (Å²) in [5.74, 6) is -5.01. The first kappa shape index (κ1) is 36.2. The number of halogens is 1. The van der Waals surface area contributed by atoms with Crippen LogP contribution in [0, 0.1) is 5.82 Å². The van der Waals surface area contributed by atoms with Gasteiger partial charge in [0, 0.05) is 78.4 Å². The summed E-state index contributed by atoms with van der Waals surface area (Å²) in [5, 5.41) is 2.50. The lowest BCUT2D eigenvalue weighted by molar-refractivity contribution is -0.270. The minimum absolute atomic E-state index is 0.0552. The van der Waals surface area contributed by atoms with Crippen molar-refractivity contribution in [2.75, 3.05) is 37.7 Å². The Labute approximate surface area is 285 Å². The number of rotatable bonds is 9. The number of hydrogen-bond acceptors (Lipinski definition) is 13. The second-order valence-electron chi connectivity index (χ2n) is 12.4. The number of pyridine rings is 1. The van der Waals surface area contributed by atoms with Crippen LogP contribution < -0.4 is 15.6 Å². The SMILES string of the molecule is CC(=O)OC[C@H]1OC(OC(C)=O)[C@H](NC(=O)c2cn(C3CC3)c3cc(N4CCN(C(C)=O)CC4)c(F)cc3c2=O)[C@@H](OC(C)=O)[C@@H]1OC(C)=O. The van der Waals surface area contributed by atoms with Crippen LogP contribution in [0.25, 0.3) is 10.9 Å². The number of benzene rings is 1. The summed E-state index contributed by atoms with van der Waals surface area (Å²) in [5.41, 5.74) is -0.505. The minimum atomic E-state index is -1.66. The summed E-state index contributed by atoms with van der Waals surface area (Å²) in [4.78, 5) is 91.2. The maximum Gasteiger partial charge on any atom is 0.305 e. The van der Waals surface area contributed by atoms with Crippen LogP contribution in [0.15, 0.2) is 23.1 Å². The van der Waals surface area contributed by atoms with Crippen molar-refractivity contribution in [1.82, 2.24) is 14.8 Å². The highest BCUT2D eigenvalue weighted by atomic mass is 19.1. The molecular formula is C33H39FN4O12. The Hall–Kier alpha value is -5.06. The zero-order valence-corrected chi connectivity index (χ0v) is 28.3. The number of aromatic nitrogens is 1. The van der Waals surface area contributed by atoms with E-state index in [1.54, 1.807) is 20.4 Å². The molecule has 1 aromatic carbocycles. The first-order valence-electron chi connectivity index (χ1n) is 16.1. The minimum Gasteiger partial charge on any atom is -0.463 e. The zero-order valence-electron chi connectivity index (χ0n) is 28.3. The molecule has 3 heterocycles. The van der Waals surface area contributed by atoms with Crippen LogP contribution in [-0.2, 0) is 47.7 Å². The third-order valence-electron chi connectivity index (χ3n) is 8.63. The normalized spacial score (nSPS) is 23.5. The van der Waals surface area contributed by atoms with Crippen LogP contribution >= 0.6 is 0 Å². The predicted octanol–water partition coefficient (Wildman–Crippen LogP) is 0.957. The zero-order chi connectivity index (χ0) is 36.4. The summed E-state index contributed by atoms with van der Waals surface area (Å²) in [6.07, 6.45) is -3.12. The fraction of sp³-hybridized carbons (Fsp3) is 0.545. The van der Waals surface area contributed by atoms with Crippen molar-refractivity contribution in [2.45, 2.75) is 84.1 Å². The summed E-state index contributed by atoms with van der Waals surface area (Å²) in [7, 11) is 0. The average Bonchev–Trinajstić information content (AvgIpc) is 3.88. The van der Waals surface area contributed by atoms with Gasteiger partial charge in [0.15, 0.2) is 12.2 Å². The number of nitrogens with one attached hydrogen (secondary N) is 1. The lowest BCUT2D eigenvalue weighted by atomic mass is 9.95. The number of piperazine rings is 1. The molecule has 5 atom stereocenters. The van der Waals surface area contributed by atoms with Gasteiger partial charge in [0.2, 0.25) is 17.6 Å². The molecule has 2 saturated heterocycles. The number of hydrogen-bond donors (Lipinski definition) is 1. The van der Waals surface area contributed by atoms with E-state index in [0.717, 1.165) is 46.6 Å². The van der Waals surface area contributed by atoms with E-state index in [1.165, 1.54) is 13.1 Å². The van der Waals surface area contributed by atoms with E-state index in [-0.39, 0.29) is 28.6 Å². The summed E-state index contributed by atoms with van der Waals surface area (Å²) in [6, 6.07) is 1.05. The Bertz CT molecular complexity index is 1770. The van der Waals surface area contributed by atoms with Gasteiger partial charge in [-0.15, -0.1) is 0 Å². The number of anilines is 1. The topological polar surface area (TPSA) is 189 Å². The van der Waals surface area contributed by atoms with Gasteiger partial charge in [-0.2, -0.15) is 0 Å². The molecule has 50 heavy (non-hydrogen) atoms. The molecule has 1 saturated carbocycles. The van der Waals surface area contributed by atoms with Crippen molar-refractivity contribution in [2.24, 2.45) is 0 Å². The molecule has 2 amide bonds. The van der Waals surface area contributed by atoms with Crippen molar-refractivity contribution in [1.29, 1.82) is 0 Å². The summed E-state index contributed by atoms with van der Waals surface area (Å²) >= 11 is 0. The molecule has 1 N–H and O–H groups in total. The van der Waals surface area contributed by atoms with Crippen molar-refractivity contribution in [3.05, 3.63) is 39.9 Å². The van der Waals surface area contributed by atoms with E-state index in [9.17, 15) is 33.6 Å². The van der Waals surface area contributed by atoms with Crippen molar-refractivity contribution < 1.29 is 56.8 Å². The number of fused-ring (bicyclic) bond motifs is 1. The smallest absolute Gasteiger partial charge is 0.305 e. The highest BCUT2D eigenvalue weighted by Gasteiger charge is 2.52. The molecule has 5 rings (SSSR count). The number of carbonyl (C=O) groups excluding carboxylic acids is 6. The summed E-state index contributed by atoms with van der Waals surface area (Å²) in [6.45, 7) is 6.91. The average molecular weight is 703 g/mol. The molecule has 0 radical (unpaired) electrons.